The smallest absolute Gasteiger partial charge is 0.143 e. The van der Waals surface area contributed by atoms with Gasteiger partial charge in [-0.15, -0.1) is 12.4 Å². The van der Waals surface area contributed by atoms with Gasteiger partial charge in [0.2, 0.25) is 0 Å². The minimum Gasteiger partial charge on any atom is -0.487 e. The van der Waals surface area contributed by atoms with Crippen molar-refractivity contribution >= 4 is 12.4 Å². The van der Waals surface area contributed by atoms with E-state index in [1.54, 1.807) is 12.3 Å². The quantitative estimate of drug-likeness (QED) is 0.809. The molecule has 3 nitrogen and oxygen atoms in total. The fraction of sp³-hybridized carbons (Fsp3) is 0.417. The zero-order chi connectivity index (χ0) is 11.3. The first-order chi connectivity index (χ1) is 7.15. The van der Waals surface area contributed by atoms with Crippen LogP contribution in [0.1, 0.15) is 32.1 Å². The predicted octanol–water partition coefficient (Wildman–Crippen LogP) is 2.90. The van der Waals surface area contributed by atoms with E-state index in [0.717, 1.165) is 5.57 Å². The van der Waals surface area contributed by atoms with Crippen LogP contribution in [-0.2, 0) is 0 Å². The monoisotopic (exact) mass is 243 g/mol. The Bertz CT molecular complexity index is 342. The molecule has 0 bridgehead atoms. The number of nitrogens with zero attached hydrogens (tertiary/aromatic N) is 1. The Morgan fingerprint density at radius 2 is 2.31 bits per heavy atom. The van der Waals surface area contributed by atoms with Gasteiger partial charge in [-0.05, 0) is 31.1 Å². The molecule has 0 fully saturated rings. The molecule has 0 aliphatic carbocycles. The molecule has 0 spiro atoms. The number of aliphatic hydroxyl groups excluding tert-OH is 1. The van der Waals surface area contributed by atoms with Crippen molar-refractivity contribution in [3.05, 3.63) is 36.2 Å². The molecule has 90 valence electrons. The van der Waals surface area contributed by atoms with E-state index >= 15 is 0 Å². The van der Waals surface area contributed by atoms with Gasteiger partial charge in [-0.25, -0.2) is 0 Å². The lowest BCUT2D eigenvalue weighted by Gasteiger charge is -2.13. The highest BCUT2D eigenvalue weighted by Gasteiger charge is 2.12. The number of pyridine rings is 1. The van der Waals surface area contributed by atoms with Crippen molar-refractivity contribution in [3.8, 4) is 5.75 Å². The molecule has 0 aliphatic rings. The molecule has 0 saturated carbocycles. The molecule has 1 rings (SSSR count). The Balaban J connectivity index is 0.00000225. The van der Waals surface area contributed by atoms with Crippen LogP contribution in [0.5, 0.6) is 5.75 Å². The molecule has 1 N–H and O–H groups in total. The Labute approximate surface area is 103 Å². The predicted molar refractivity (Wildman–Crippen MR) is 67.0 cm³/mol. The van der Waals surface area contributed by atoms with Crippen molar-refractivity contribution in [1.82, 2.24) is 4.98 Å². The summed E-state index contributed by atoms with van der Waals surface area (Å²) in [4.78, 5) is 4.12. The van der Waals surface area contributed by atoms with E-state index in [1.807, 2.05) is 19.9 Å². The fourth-order valence-corrected chi connectivity index (χ4v) is 1.17. The molecule has 4 heteroatoms. The first-order valence-electron chi connectivity index (χ1n) is 5.05. The maximum Gasteiger partial charge on any atom is 0.143 e. The van der Waals surface area contributed by atoms with Crippen LogP contribution >= 0.6 is 12.4 Å². The van der Waals surface area contributed by atoms with Gasteiger partial charge in [0.1, 0.15) is 18.1 Å². The van der Waals surface area contributed by atoms with Crippen LogP contribution in [0.15, 0.2) is 30.5 Å². The Morgan fingerprint density at radius 3 is 2.88 bits per heavy atom. The van der Waals surface area contributed by atoms with Crippen molar-refractivity contribution in [2.45, 2.75) is 26.4 Å². The third kappa shape index (κ3) is 4.21. The Kier molecular flexibility index (Phi) is 6.77. The minimum absolute atomic E-state index is 0. The summed E-state index contributed by atoms with van der Waals surface area (Å²) in [7, 11) is 0. The highest BCUT2D eigenvalue weighted by molar-refractivity contribution is 5.85. The molecule has 16 heavy (non-hydrogen) atoms. The Morgan fingerprint density at radius 1 is 1.62 bits per heavy atom. The standard InChI is InChI=1S/C12H17NO2.ClH/c1-4-10(14)12-11(6-5-7-13-12)15-8-9(2)3;/h5-7,10,14H,2,4,8H2,1,3H3;1H. The minimum atomic E-state index is -0.564. The average Bonchev–Trinajstić information content (AvgIpc) is 2.25. The summed E-state index contributed by atoms with van der Waals surface area (Å²) in [6.45, 7) is 8.01. The van der Waals surface area contributed by atoms with Crippen LogP contribution in [-0.4, -0.2) is 16.7 Å². The number of hydrogen-bond acceptors (Lipinski definition) is 3. The number of aliphatic hydroxyl groups is 1. The van der Waals surface area contributed by atoms with Gasteiger partial charge in [-0.3, -0.25) is 4.98 Å². The molecular formula is C12H18ClNO2. The summed E-state index contributed by atoms with van der Waals surface area (Å²) >= 11 is 0. The molecule has 1 aromatic heterocycles. The molecule has 0 amide bonds. The summed E-state index contributed by atoms with van der Waals surface area (Å²) in [5.74, 6) is 0.634. The topological polar surface area (TPSA) is 42.4 Å². The molecule has 1 aromatic rings. The summed E-state index contributed by atoms with van der Waals surface area (Å²) in [5.41, 5.74) is 1.54. The number of aromatic nitrogens is 1. The largest absolute Gasteiger partial charge is 0.487 e. The maximum absolute atomic E-state index is 9.71. The molecule has 0 aliphatic heterocycles. The van der Waals surface area contributed by atoms with Crippen LogP contribution in [0.3, 0.4) is 0 Å². The van der Waals surface area contributed by atoms with Crippen LogP contribution in [0.4, 0.5) is 0 Å². The average molecular weight is 244 g/mol. The van der Waals surface area contributed by atoms with Crippen molar-refractivity contribution < 1.29 is 9.84 Å². The summed E-state index contributed by atoms with van der Waals surface area (Å²) in [6, 6.07) is 3.60. The normalized spacial score (nSPS) is 11.4. The van der Waals surface area contributed by atoms with Crippen LogP contribution in [0.2, 0.25) is 0 Å². The fourth-order valence-electron chi connectivity index (χ4n) is 1.17. The molecule has 1 atom stereocenters. The lowest BCUT2D eigenvalue weighted by Crippen LogP contribution is -2.05. The van der Waals surface area contributed by atoms with Gasteiger partial charge in [-0.2, -0.15) is 0 Å². The van der Waals surface area contributed by atoms with E-state index in [2.05, 4.69) is 11.6 Å². The molecule has 1 heterocycles. The van der Waals surface area contributed by atoms with Gasteiger partial charge in [0.15, 0.2) is 0 Å². The number of rotatable bonds is 5. The summed E-state index contributed by atoms with van der Waals surface area (Å²) in [5, 5.41) is 9.71. The van der Waals surface area contributed by atoms with Gasteiger partial charge >= 0.3 is 0 Å². The lowest BCUT2D eigenvalue weighted by atomic mass is 10.1. The second-order valence-electron chi connectivity index (χ2n) is 3.56. The van der Waals surface area contributed by atoms with E-state index in [4.69, 9.17) is 4.74 Å². The first kappa shape index (κ1) is 14.9. The maximum atomic E-state index is 9.71. The van der Waals surface area contributed by atoms with Crippen molar-refractivity contribution in [2.75, 3.05) is 6.61 Å². The highest BCUT2D eigenvalue weighted by Crippen LogP contribution is 2.24. The van der Waals surface area contributed by atoms with Gasteiger partial charge in [0.05, 0.1) is 6.10 Å². The van der Waals surface area contributed by atoms with Crippen LogP contribution in [0.25, 0.3) is 0 Å². The van der Waals surface area contributed by atoms with Crippen molar-refractivity contribution in [1.29, 1.82) is 0 Å². The van der Waals surface area contributed by atoms with Crippen LogP contribution in [0, 0.1) is 0 Å². The SMILES string of the molecule is C=C(C)COc1cccnc1C(O)CC.Cl. The van der Waals surface area contributed by atoms with Crippen molar-refractivity contribution in [3.63, 3.8) is 0 Å². The molecule has 0 aromatic carbocycles. The lowest BCUT2D eigenvalue weighted by molar-refractivity contribution is 0.163. The number of ether oxygens (including phenoxy) is 1. The first-order valence-corrected chi connectivity index (χ1v) is 5.05. The van der Waals surface area contributed by atoms with Crippen molar-refractivity contribution in [2.24, 2.45) is 0 Å². The van der Waals surface area contributed by atoms with Gasteiger partial charge in [-0.1, -0.05) is 13.5 Å². The third-order valence-corrected chi connectivity index (χ3v) is 1.98. The second-order valence-corrected chi connectivity index (χ2v) is 3.56. The molecule has 0 radical (unpaired) electrons. The zero-order valence-electron chi connectivity index (χ0n) is 9.64. The highest BCUT2D eigenvalue weighted by atomic mass is 35.5. The number of halogens is 1. The van der Waals surface area contributed by atoms with Gasteiger partial charge < -0.3 is 9.84 Å². The second kappa shape index (κ2) is 7.25. The number of hydrogen-bond donors (Lipinski definition) is 1. The van der Waals surface area contributed by atoms with E-state index < -0.39 is 6.10 Å². The Hall–Kier alpha value is -1.06. The molecular weight excluding hydrogens is 226 g/mol. The van der Waals surface area contributed by atoms with E-state index in [9.17, 15) is 5.11 Å². The van der Waals surface area contributed by atoms with E-state index in [0.29, 0.717) is 24.5 Å². The van der Waals surface area contributed by atoms with Gasteiger partial charge in [0.25, 0.3) is 0 Å². The van der Waals surface area contributed by atoms with Crippen LogP contribution < -0.4 is 4.74 Å². The molecule has 1 unspecified atom stereocenters. The third-order valence-electron chi connectivity index (χ3n) is 1.98. The summed E-state index contributed by atoms with van der Waals surface area (Å²) < 4.78 is 5.50. The molecule has 0 saturated heterocycles. The van der Waals surface area contributed by atoms with Gasteiger partial charge in [0, 0.05) is 6.20 Å². The van der Waals surface area contributed by atoms with E-state index in [1.165, 1.54) is 0 Å². The summed E-state index contributed by atoms with van der Waals surface area (Å²) in [6.07, 6.45) is 1.72. The van der Waals surface area contributed by atoms with E-state index in [-0.39, 0.29) is 12.4 Å². The zero-order valence-corrected chi connectivity index (χ0v) is 10.5.